The molecule has 8 heteroatoms. The summed E-state index contributed by atoms with van der Waals surface area (Å²) in [6.45, 7) is 6.08. The van der Waals surface area contributed by atoms with E-state index >= 15 is 0 Å². The number of aliphatic hydroxyl groups excluding tert-OH is 1. The zero-order valence-electron chi connectivity index (χ0n) is 25.2. The molecule has 3 aromatic rings. The average molecular weight is 586 g/mol. The van der Waals surface area contributed by atoms with E-state index in [4.69, 9.17) is 0 Å². The zero-order chi connectivity index (χ0) is 30.8. The Balaban J connectivity index is 1.44. The molecule has 5 rings (SSSR count). The van der Waals surface area contributed by atoms with Gasteiger partial charge in [0.1, 0.15) is 0 Å². The van der Waals surface area contributed by atoms with Crippen molar-refractivity contribution in [2.75, 3.05) is 13.1 Å². The summed E-state index contributed by atoms with van der Waals surface area (Å²) in [5.74, 6) is -0.223. The number of aliphatic hydroxyl groups is 2. The summed E-state index contributed by atoms with van der Waals surface area (Å²) in [6, 6.07) is 25.3. The van der Waals surface area contributed by atoms with Crippen LogP contribution in [0.4, 0.5) is 4.79 Å². The molecule has 0 bridgehead atoms. The number of fused-ring (bicyclic) bond motifs is 1. The maximum atomic E-state index is 14.1. The first-order valence-corrected chi connectivity index (χ1v) is 15.1. The van der Waals surface area contributed by atoms with E-state index in [0.29, 0.717) is 32.2 Å². The number of hydrogen-bond donors (Lipinski definition) is 4. The maximum Gasteiger partial charge on any atom is 0.408 e. The van der Waals surface area contributed by atoms with Crippen LogP contribution in [0.3, 0.4) is 0 Å². The topological polar surface area (TPSA) is 113 Å². The highest BCUT2D eigenvalue weighted by Crippen LogP contribution is 2.36. The zero-order valence-corrected chi connectivity index (χ0v) is 25.2. The number of carboxylic acid groups (broad SMARTS) is 1. The Morgan fingerprint density at radius 3 is 2.14 bits per heavy atom. The van der Waals surface area contributed by atoms with Crippen molar-refractivity contribution in [1.82, 2.24) is 15.1 Å². The van der Waals surface area contributed by atoms with E-state index in [2.05, 4.69) is 5.32 Å². The fourth-order valence-corrected chi connectivity index (χ4v) is 6.85. The number of carbonyl (C=O) groups is 2. The van der Waals surface area contributed by atoms with E-state index in [9.17, 15) is 24.9 Å². The van der Waals surface area contributed by atoms with E-state index < -0.39 is 41.5 Å². The number of carbonyl (C=O) groups excluding carboxylic acids is 1. The number of hydrogen-bond acceptors (Lipinski definition) is 5. The molecule has 8 nitrogen and oxygen atoms in total. The van der Waals surface area contributed by atoms with E-state index in [1.54, 1.807) is 0 Å². The van der Waals surface area contributed by atoms with Crippen molar-refractivity contribution in [1.29, 1.82) is 0 Å². The summed E-state index contributed by atoms with van der Waals surface area (Å²) >= 11 is 0. The largest absolute Gasteiger partial charge is 0.465 e. The fourth-order valence-electron chi connectivity index (χ4n) is 6.85. The van der Waals surface area contributed by atoms with Gasteiger partial charge in [-0.1, -0.05) is 84.9 Å². The predicted octanol–water partition coefficient (Wildman–Crippen LogP) is 4.20. The van der Waals surface area contributed by atoms with Gasteiger partial charge >= 0.3 is 6.09 Å². The molecule has 228 valence electrons. The number of amides is 2. The first-order chi connectivity index (χ1) is 20.5. The minimum atomic E-state index is -1.39. The molecule has 0 saturated carbocycles. The standard InChI is InChI=1S/C35H43N3O5/c1-34(2,3)38(33(41)42)30(21-25-14-8-5-9-15-25)35(43)18-19-37(23-35)28(20-24-12-6-4-7-13-24)32(40)36-31-27-17-11-10-16-26(27)22-29(31)39/h4-17,28-31,39,43H,18-23H2,1-3H3,(H,36,40)(H,41,42)/t28-,29+,30-,31-,35-/m0/s1. The van der Waals surface area contributed by atoms with Crippen molar-refractivity contribution in [2.24, 2.45) is 0 Å². The van der Waals surface area contributed by atoms with Gasteiger partial charge in [0.2, 0.25) is 5.91 Å². The van der Waals surface area contributed by atoms with Gasteiger partial charge in [-0.05, 0) is 62.3 Å². The average Bonchev–Trinajstić information content (AvgIpc) is 3.51. The quantitative estimate of drug-likeness (QED) is 0.300. The maximum absolute atomic E-state index is 14.1. The first kappa shape index (κ1) is 30.7. The first-order valence-electron chi connectivity index (χ1n) is 15.1. The Labute approximate surface area is 254 Å². The molecule has 43 heavy (non-hydrogen) atoms. The lowest BCUT2D eigenvalue weighted by Crippen LogP contribution is -2.62. The van der Waals surface area contributed by atoms with Gasteiger partial charge in [-0.25, -0.2) is 4.79 Å². The van der Waals surface area contributed by atoms with Gasteiger partial charge in [0, 0.05) is 25.0 Å². The third kappa shape index (κ3) is 6.77. The second kappa shape index (κ2) is 12.5. The van der Waals surface area contributed by atoms with Gasteiger partial charge in [-0.3, -0.25) is 14.6 Å². The SMILES string of the molecule is CC(C)(C)N(C(=O)O)[C@@H](Cc1ccccc1)[C@]1(O)CCN([C@@H](Cc2ccccc2)C(=O)N[C@H]2c3ccccc3C[C@H]2O)C1. The molecule has 1 aliphatic heterocycles. The van der Waals surface area contributed by atoms with E-state index in [-0.39, 0.29) is 12.5 Å². The fraction of sp³-hybridized carbons (Fsp3) is 0.429. The monoisotopic (exact) mass is 585 g/mol. The molecule has 0 radical (unpaired) electrons. The van der Waals surface area contributed by atoms with Gasteiger partial charge in [0.05, 0.1) is 29.8 Å². The number of likely N-dealkylation sites (tertiary alicyclic amines) is 1. The van der Waals surface area contributed by atoms with Crippen LogP contribution < -0.4 is 5.32 Å². The van der Waals surface area contributed by atoms with Gasteiger partial charge in [0.15, 0.2) is 0 Å². The normalized spacial score (nSPS) is 23.4. The highest BCUT2D eigenvalue weighted by atomic mass is 16.4. The summed E-state index contributed by atoms with van der Waals surface area (Å²) < 4.78 is 0. The van der Waals surface area contributed by atoms with Crippen LogP contribution in [0.5, 0.6) is 0 Å². The van der Waals surface area contributed by atoms with Crippen molar-refractivity contribution in [3.05, 3.63) is 107 Å². The predicted molar refractivity (Wildman–Crippen MR) is 166 cm³/mol. The lowest BCUT2D eigenvalue weighted by atomic mass is 9.84. The molecule has 2 aliphatic rings. The Morgan fingerprint density at radius 1 is 0.953 bits per heavy atom. The summed E-state index contributed by atoms with van der Waals surface area (Å²) in [5, 5.41) is 36.6. The molecule has 1 fully saturated rings. The Hall–Kier alpha value is -3.72. The minimum absolute atomic E-state index is 0.138. The molecule has 2 amide bonds. The van der Waals surface area contributed by atoms with Crippen molar-refractivity contribution >= 4 is 12.0 Å². The van der Waals surface area contributed by atoms with Crippen LogP contribution in [0.2, 0.25) is 0 Å². The molecule has 4 N–H and O–H groups in total. The summed E-state index contributed by atoms with van der Waals surface area (Å²) in [4.78, 5) is 30.1. The summed E-state index contributed by atoms with van der Waals surface area (Å²) in [7, 11) is 0. The van der Waals surface area contributed by atoms with E-state index in [1.807, 2.05) is 111 Å². The second-order valence-corrected chi connectivity index (χ2v) is 13.0. The number of benzene rings is 3. The number of nitrogens with zero attached hydrogens (tertiary/aromatic N) is 2. The van der Waals surface area contributed by atoms with Crippen LogP contribution in [0, 0.1) is 0 Å². The highest BCUT2D eigenvalue weighted by molar-refractivity contribution is 5.83. The molecule has 0 aromatic heterocycles. The van der Waals surface area contributed by atoms with Crippen LogP contribution in [0.1, 0.15) is 55.5 Å². The van der Waals surface area contributed by atoms with Crippen LogP contribution in [0.25, 0.3) is 0 Å². The second-order valence-electron chi connectivity index (χ2n) is 13.0. The van der Waals surface area contributed by atoms with Crippen LogP contribution in [-0.2, 0) is 24.1 Å². The molecular weight excluding hydrogens is 542 g/mol. The third-order valence-electron chi connectivity index (χ3n) is 8.96. The number of rotatable bonds is 9. The van der Waals surface area contributed by atoms with Gasteiger partial charge in [-0.2, -0.15) is 0 Å². The van der Waals surface area contributed by atoms with Gasteiger partial charge in [0.25, 0.3) is 0 Å². The van der Waals surface area contributed by atoms with Crippen molar-refractivity contribution in [3.8, 4) is 0 Å². The van der Waals surface area contributed by atoms with Crippen LogP contribution in [-0.4, -0.2) is 79.5 Å². The minimum Gasteiger partial charge on any atom is -0.465 e. The van der Waals surface area contributed by atoms with E-state index in [0.717, 1.165) is 22.3 Å². The molecule has 1 aliphatic carbocycles. The Kier molecular flexibility index (Phi) is 8.92. The van der Waals surface area contributed by atoms with Crippen molar-refractivity contribution < 1.29 is 24.9 Å². The van der Waals surface area contributed by atoms with E-state index in [1.165, 1.54) is 4.90 Å². The smallest absolute Gasteiger partial charge is 0.408 e. The Morgan fingerprint density at radius 2 is 1.53 bits per heavy atom. The molecule has 5 atom stereocenters. The highest BCUT2D eigenvalue weighted by Gasteiger charge is 2.51. The van der Waals surface area contributed by atoms with Crippen molar-refractivity contribution in [3.63, 3.8) is 0 Å². The lowest BCUT2D eigenvalue weighted by Gasteiger charge is -2.46. The van der Waals surface area contributed by atoms with Crippen LogP contribution in [0.15, 0.2) is 84.9 Å². The Bertz CT molecular complexity index is 1410. The third-order valence-corrected chi connectivity index (χ3v) is 8.96. The van der Waals surface area contributed by atoms with Crippen LogP contribution >= 0.6 is 0 Å². The van der Waals surface area contributed by atoms with Gasteiger partial charge < -0.3 is 20.6 Å². The summed E-state index contributed by atoms with van der Waals surface area (Å²) in [5.41, 5.74) is 1.70. The number of β-amino-alcohol motifs (C(OH)–C–C–N with tert-alkyl or cyclic N) is 1. The molecule has 0 spiro atoms. The summed E-state index contributed by atoms with van der Waals surface area (Å²) in [6.07, 6.45) is -0.258. The molecule has 1 heterocycles. The molecule has 3 aromatic carbocycles. The number of nitrogens with one attached hydrogen (secondary N) is 1. The molecule has 0 unspecified atom stereocenters. The molecular formula is C35H43N3O5. The van der Waals surface area contributed by atoms with Crippen molar-refractivity contribution in [2.45, 2.75) is 81.8 Å². The molecule has 1 saturated heterocycles. The lowest BCUT2D eigenvalue weighted by molar-refractivity contribution is -0.128. The van der Waals surface area contributed by atoms with Gasteiger partial charge in [-0.15, -0.1) is 0 Å².